The van der Waals surface area contributed by atoms with E-state index in [0.29, 0.717) is 18.0 Å². The molecule has 0 N–H and O–H groups in total. The van der Waals surface area contributed by atoms with Crippen LogP contribution in [0.25, 0.3) is 0 Å². The van der Waals surface area contributed by atoms with Crippen molar-refractivity contribution >= 4 is 17.5 Å². The van der Waals surface area contributed by atoms with Crippen LogP contribution in [0.3, 0.4) is 0 Å². The van der Waals surface area contributed by atoms with Crippen LogP contribution in [-0.2, 0) is 6.42 Å². The first kappa shape index (κ1) is 17.7. The van der Waals surface area contributed by atoms with E-state index in [4.69, 9.17) is 11.6 Å². The van der Waals surface area contributed by atoms with Crippen LogP contribution in [0.1, 0.15) is 33.1 Å². The SMILES string of the molecule is O=C(c1cc(F)ccc1F)N1CCc2ccccc2[C@@H]1c1ccccc1Cl. The van der Waals surface area contributed by atoms with E-state index in [1.165, 1.54) is 0 Å². The smallest absolute Gasteiger partial charge is 0.257 e. The number of hydrogen-bond donors (Lipinski definition) is 0. The average Bonchev–Trinajstić information content (AvgIpc) is 2.69. The van der Waals surface area contributed by atoms with Crippen LogP contribution in [-0.4, -0.2) is 17.4 Å². The van der Waals surface area contributed by atoms with Crippen molar-refractivity contribution in [2.45, 2.75) is 12.5 Å². The Morgan fingerprint density at radius 3 is 2.44 bits per heavy atom. The van der Waals surface area contributed by atoms with Crippen molar-refractivity contribution in [2.24, 2.45) is 0 Å². The maximum Gasteiger partial charge on any atom is 0.257 e. The molecule has 1 aliphatic rings. The Bertz CT molecular complexity index is 1020. The highest BCUT2D eigenvalue weighted by atomic mass is 35.5. The second kappa shape index (κ2) is 7.12. The molecule has 4 rings (SSSR count). The second-order valence-corrected chi connectivity index (χ2v) is 6.90. The average molecular weight is 384 g/mol. The summed E-state index contributed by atoms with van der Waals surface area (Å²) in [7, 11) is 0. The monoisotopic (exact) mass is 383 g/mol. The lowest BCUT2D eigenvalue weighted by Crippen LogP contribution is -2.41. The zero-order valence-corrected chi connectivity index (χ0v) is 15.1. The molecule has 136 valence electrons. The maximum absolute atomic E-state index is 14.2. The van der Waals surface area contributed by atoms with Gasteiger partial charge in [-0.15, -0.1) is 0 Å². The van der Waals surface area contributed by atoms with Crippen molar-refractivity contribution in [1.29, 1.82) is 0 Å². The van der Waals surface area contributed by atoms with Gasteiger partial charge in [0.25, 0.3) is 5.91 Å². The van der Waals surface area contributed by atoms with Crippen molar-refractivity contribution in [3.05, 3.63) is 106 Å². The van der Waals surface area contributed by atoms with Gasteiger partial charge in [-0.2, -0.15) is 0 Å². The van der Waals surface area contributed by atoms with Crippen molar-refractivity contribution < 1.29 is 13.6 Å². The number of rotatable bonds is 2. The summed E-state index contributed by atoms with van der Waals surface area (Å²) >= 11 is 6.42. The summed E-state index contributed by atoms with van der Waals surface area (Å²) in [6.45, 7) is 0.391. The zero-order valence-electron chi connectivity index (χ0n) is 14.3. The summed E-state index contributed by atoms with van der Waals surface area (Å²) < 4.78 is 27.9. The summed E-state index contributed by atoms with van der Waals surface area (Å²) in [5.74, 6) is -1.93. The minimum Gasteiger partial charge on any atom is -0.327 e. The maximum atomic E-state index is 14.2. The standard InChI is InChI=1S/C22H16ClF2NO/c23-19-8-4-3-7-17(19)21-16-6-2-1-5-14(16)11-12-26(21)22(27)18-13-15(24)9-10-20(18)25/h1-10,13,21H,11-12H2/t21-/m1/s1. The van der Waals surface area contributed by atoms with E-state index in [-0.39, 0.29) is 5.56 Å². The predicted molar refractivity (Wildman–Crippen MR) is 101 cm³/mol. The van der Waals surface area contributed by atoms with Gasteiger partial charge in [0.15, 0.2) is 0 Å². The number of halogens is 3. The molecule has 1 heterocycles. The molecule has 0 fully saturated rings. The van der Waals surface area contributed by atoms with E-state index >= 15 is 0 Å². The fourth-order valence-corrected chi connectivity index (χ4v) is 3.87. The molecule has 27 heavy (non-hydrogen) atoms. The van der Waals surface area contributed by atoms with E-state index in [9.17, 15) is 13.6 Å². The highest BCUT2D eigenvalue weighted by Gasteiger charge is 2.34. The Balaban J connectivity index is 1.85. The molecule has 0 spiro atoms. The molecule has 3 aromatic carbocycles. The quantitative estimate of drug-likeness (QED) is 0.579. The van der Waals surface area contributed by atoms with E-state index < -0.39 is 23.6 Å². The van der Waals surface area contributed by atoms with Gasteiger partial charge in [0.1, 0.15) is 11.6 Å². The van der Waals surface area contributed by atoms with Gasteiger partial charge in [-0.3, -0.25) is 4.79 Å². The summed E-state index contributed by atoms with van der Waals surface area (Å²) in [5.41, 5.74) is 2.55. The van der Waals surface area contributed by atoms with Crippen LogP contribution in [0.5, 0.6) is 0 Å². The lowest BCUT2D eigenvalue weighted by Gasteiger charge is -2.38. The lowest BCUT2D eigenvalue weighted by atomic mass is 9.87. The van der Waals surface area contributed by atoms with Crippen LogP contribution in [0.15, 0.2) is 66.7 Å². The molecule has 0 bridgehead atoms. The fraction of sp³-hybridized carbons (Fsp3) is 0.136. The van der Waals surface area contributed by atoms with Gasteiger partial charge in [0.2, 0.25) is 0 Å². The Labute approximate surface area is 161 Å². The summed E-state index contributed by atoms with van der Waals surface area (Å²) in [6, 6.07) is 17.6. The normalized spacial score (nSPS) is 16.1. The first-order valence-electron chi connectivity index (χ1n) is 8.64. The fourth-order valence-electron chi connectivity index (χ4n) is 3.63. The molecule has 0 unspecified atom stereocenters. The molecular formula is C22H16ClF2NO. The summed E-state index contributed by atoms with van der Waals surface area (Å²) in [4.78, 5) is 14.7. The first-order chi connectivity index (χ1) is 13.1. The largest absolute Gasteiger partial charge is 0.327 e. The Morgan fingerprint density at radius 1 is 0.963 bits per heavy atom. The third kappa shape index (κ3) is 3.21. The Morgan fingerprint density at radius 2 is 1.67 bits per heavy atom. The van der Waals surface area contributed by atoms with Gasteiger partial charge >= 0.3 is 0 Å². The number of benzene rings is 3. The number of hydrogen-bond acceptors (Lipinski definition) is 1. The molecule has 1 atom stereocenters. The predicted octanol–water partition coefficient (Wildman–Crippen LogP) is 5.41. The van der Waals surface area contributed by atoms with Gasteiger partial charge < -0.3 is 4.90 Å². The van der Waals surface area contributed by atoms with Gasteiger partial charge in [0.05, 0.1) is 11.6 Å². The number of carbonyl (C=O) groups is 1. The molecule has 0 saturated heterocycles. The van der Waals surface area contributed by atoms with Crippen LogP contribution >= 0.6 is 11.6 Å². The second-order valence-electron chi connectivity index (χ2n) is 6.50. The van der Waals surface area contributed by atoms with Crippen molar-refractivity contribution in [1.82, 2.24) is 4.90 Å². The van der Waals surface area contributed by atoms with Gasteiger partial charge in [-0.25, -0.2) is 8.78 Å². The topological polar surface area (TPSA) is 20.3 Å². The van der Waals surface area contributed by atoms with Gasteiger partial charge in [-0.1, -0.05) is 54.1 Å². The van der Waals surface area contributed by atoms with E-state index in [1.54, 1.807) is 11.0 Å². The number of nitrogens with zero attached hydrogens (tertiary/aromatic N) is 1. The van der Waals surface area contributed by atoms with Crippen molar-refractivity contribution in [2.75, 3.05) is 6.54 Å². The molecule has 0 aliphatic carbocycles. The minimum absolute atomic E-state index is 0.272. The van der Waals surface area contributed by atoms with E-state index in [2.05, 4.69) is 0 Å². The lowest BCUT2D eigenvalue weighted by molar-refractivity contribution is 0.0689. The molecule has 2 nitrogen and oxygen atoms in total. The molecule has 0 saturated carbocycles. The van der Waals surface area contributed by atoms with Crippen LogP contribution in [0.4, 0.5) is 8.78 Å². The van der Waals surface area contributed by atoms with E-state index in [0.717, 1.165) is 34.9 Å². The van der Waals surface area contributed by atoms with Crippen molar-refractivity contribution in [3.63, 3.8) is 0 Å². The highest BCUT2D eigenvalue weighted by Crippen LogP contribution is 2.39. The molecular weight excluding hydrogens is 368 g/mol. The minimum atomic E-state index is -0.738. The Kier molecular flexibility index (Phi) is 4.66. The number of amides is 1. The summed E-state index contributed by atoms with van der Waals surface area (Å²) in [5, 5.41) is 0.525. The Hall–Kier alpha value is -2.72. The van der Waals surface area contributed by atoms with Crippen LogP contribution < -0.4 is 0 Å². The van der Waals surface area contributed by atoms with E-state index in [1.807, 2.05) is 42.5 Å². The van der Waals surface area contributed by atoms with Gasteiger partial charge in [-0.05, 0) is 47.4 Å². The third-order valence-electron chi connectivity index (χ3n) is 4.90. The number of fused-ring (bicyclic) bond motifs is 1. The number of carbonyl (C=O) groups excluding carboxylic acids is 1. The van der Waals surface area contributed by atoms with Crippen LogP contribution in [0, 0.1) is 11.6 Å². The van der Waals surface area contributed by atoms with Gasteiger partial charge in [0, 0.05) is 11.6 Å². The summed E-state index contributed by atoms with van der Waals surface area (Å²) in [6.07, 6.45) is 0.639. The highest BCUT2D eigenvalue weighted by molar-refractivity contribution is 6.31. The molecule has 0 radical (unpaired) electrons. The first-order valence-corrected chi connectivity index (χ1v) is 9.02. The zero-order chi connectivity index (χ0) is 19.0. The molecule has 3 aromatic rings. The molecule has 1 amide bonds. The molecule has 5 heteroatoms. The molecule has 0 aromatic heterocycles. The van der Waals surface area contributed by atoms with Crippen LogP contribution in [0.2, 0.25) is 5.02 Å². The third-order valence-corrected chi connectivity index (χ3v) is 5.25. The molecule has 1 aliphatic heterocycles. The van der Waals surface area contributed by atoms with Crippen molar-refractivity contribution in [3.8, 4) is 0 Å².